The number of nitrogens with one attached hydrogen (secondary N) is 1. The van der Waals surface area contributed by atoms with Crippen molar-refractivity contribution in [2.45, 2.75) is 96.3 Å². The number of esters is 3. The number of fused-ring (bicyclic) bond motifs is 3. The summed E-state index contributed by atoms with van der Waals surface area (Å²) in [5, 5.41) is 2.89. The van der Waals surface area contributed by atoms with Gasteiger partial charge in [0.25, 0.3) is 0 Å². The molecule has 1 N–H and O–H groups in total. The number of ether oxygens (including phenoxy) is 3. The minimum Gasteiger partial charge on any atom is -0.465 e. The first-order valence-corrected chi connectivity index (χ1v) is 21.9. The molecule has 0 aromatic heterocycles. The maximum Gasteiger partial charge on any atom is 0.338 e. The zero-order valence-electron chi connectivity index (χ0n) is 35.0. The summed E-state index contributed by atoms with van der Waals surface area (Å²) in [7, 11) is 4.21. The molecule has 5 atom stereocenters. The molecule has 11 rings (SSSR count). The van der Waals surface area contributed by atoms with Crippen LogP contribution >= 0.6 is 0 Å². The van der Waals surface area contributed by atoms with Crippen molar-refractivity contribution < 1.29 is 43.0 Å². The van der Waals surface area contributed by atoms with Crippen LogP contribution in [0, 0.1) is 39.9 Å². The van der Waals surface area contributed by atoms with Crippen LogP contribution in [0.15, 0.2) is 54.6 Å². The Morgan fingerprint density at radius 1 is 0.500 bits per heavy atom. The highest BCUT2D eigenvalue weighted by molar-refractivity contribution is 5.96. The molecule has 1 saturated heterocycles. The molecule has 4 saturated carbocycles. The van der Waals surface area contributed by atoms with Crippen molar-refractivity contribution in [3.05, 3.63) is 105 Å². The Balaban J connectivity index is 0.000000116. The van der Waals surface area contributed by atoms with E-state index >= 15 is 0 Å². The van der Waals surface area contributed by atoms with Gasteiger partial charge in [-0.3, -0.25) is 14.4 Å². The minimum atomic E-state index is -0.327. The topological polar surface area (TPSA) is 142 Å². The number of amides is 1. The molecule has 5 fully saturated rings. The molecular weight excluding hydrogens is 759 g/mol. The molecule has 1 heterocycles. The van der Waals surface area contributed by atoms with Gasteiger partial charge in [0, 0.05) is 29.2 Å². The van der Waals surface area contributed by atoms with Crippen LogP contribution in [0.2, 0.25) is 0 Å². The number of hydrogen-bond acceptors (Lipinski definition) is 9. The van der Waals surface area contributed by atoms with Crippen molar-refractivity contribution in [3.8, 4) is 0 Å². The zero-order chi connectivity index (χ0) is 42.0. The van der Waals surface area contributed by atoms with Crippen LogP contribution in [0.5, 0.6) is 0 Å². The van der Waals surface area contributed by atoms with Crippen LogP contribution in [0.4, 0.5) is 0 Å². The lowest BCUT2D eigenvalue weighted by molar-refractivity contribution is -0.129. The standard InChI is InChI=1S/2C18H20O3.C14H15NO3/c2*1-21-17(20)14-4-2-3-12-9-18(10-15(12)14)8-7-13(16(18)19)11-5-6-11;1-18-12(16)10-4-2-3-9-7-14(8-11(9)10)5-6-15-13(14)17/h2*2-4,11,13H,5-10H2,1H3;2-4H,5-8H2,1H3,(H,15,17). The number of ketones is 2. The molecule has 3 aromatic rings. The van der Waals surface area contributed by atoms with Gasteiger partial charge in [-0.15, -0.1) is 0 Å². The fourth-order valence-electron chi connectivity index (χ4n) is 12.0. The predicted molar refractivity (Wildman–Crippen MR) is 221 cm³/mol. The lowest BCUT2D eigenvalue weighted by atomic mass is 9.80. The highest BCUT2D eigenvalue weighted by atomic mass is 16.5. The van der Waals surface area contributed by atoms with Gasteiger partial charge in [-0.1, -0.05) is 36.4 Å². The number of carbonyl (C=O) groups excluding carboxylic acids is 6. The molecule has 5 unspecified atom stereocenters. The van der Waals surface area contributed by atoms with Gasteiger partial charge < -0.3 is 19.5 Å². The Kier molecular flexibility index (Phi) is 10.3. The molecule has 1 amide bonds. The van der Waals surface area contributed by atoms with Crippen molar-refractivity contribution in [2.75, 3.05) is 27.9 Å². The summed E-state index contributed by atoms with van der Waals surface area (Å²) >= 11 is 0. The van der Waals surface area contributed by atoms with Crippen LogP contribution in [-0.4, -0.2) is 63.3 Å². The van der Waals surface area contributed by atoms with Crippen LogP contribution in [0.1, 0.15) is 122 Å². The smallest absolute Gasteiger partial charge is 0.338 e. The summed E-state index contributed by atoms with van der Waals surface area (Å²) in [4.78, 5) is 73.4. The summed E-state index contributed by atoms with van der Waals surface area (Å²) < 4.78 is 14.6. The Hall–Kier alpha value is -5.12. The number of benzene rings is 3. The van der Waals surface area contributed by atoms with E-state index in [1.807, 2.05) is 36.4 Å². The maximum absolute atomic E-state index is 12.9. The second-order valence-electron chi connectivity index (χ2n) is 18.9. The first-order valence-electron chi connectivity index (χ1n) is 21.9. The van der Waals surface area contributed by atoms with Gasteiger partial charge in [-0.05, 0) is 160 Å². The second-order valence-corrected chi connectivity index (χ2v) is 18.9. The van der Waals surface area contributed by atoms with E-state index in [2.05, 4.69) is 17.4 Å². The molecule has 3 spiro atoms. The minimum absolute atomic E-state index is 0.120. The van der Waals surface area contributed by atoms with E-state index in [0.29, 0.717) is 58.3 Å². The number of Topliss-reactive ketones (excluding diaryl/α,β-unsaturated/α-hetero) is 2. The fourth-order valence-corrected chi connectivity index (χ4v) is 12.0. The van der Waals surface area contributed by atoms with Crippen molar-refractivity contribution in [2.24, 2.45) is 39.9 Å². The highest BCUT2D eigenvalue weighted by Gasteiger charge is 2.56. The third-order valence-electron chi connectivity index (χ3n) is 15.5. The summed E-state index contributed by atoms with van der Waals surface area (Å²) in [5.41, 5.74) is 7.66. The average molecular weight is 814 g/mol. The highest BCUT2D eigenvalue weighted by Crippen LogP contribution is 2.56. The number of rotatable bonds is 5. The van der Waals surface area contributed by atoms with Gasteiger partial charge in [0.1, 0.15) is 11.6 Å². The monoisotopic (exact) mass is 813 g/mol. The van der Waals surface area contributed by atoms with E-state index in [1.54, 1.807) is 6.07 Å². The largest absolute Gasteiger partial charge is 0.465 e. The Labute approximate surface area is 351 Å². The fraction of sp³-hybridized carbons (Fsp3) is 0.520. The first kappa shape index (κ1) is 40.3. The molecule has 0 bridgehead atoms. The summed E-state index contributed by atoms with van der Waals surface area (Å²) in [6.45, 7) is 0.736. The molecule has 314 valence electrons. The zero-order valence-corrected chi connectivity index (χ0v) is 35.0. The normalized spacial score (nSPS) is 29.0. The van der Waals surface area contributed by atoms with Crippen molar-refractivity contribution in [1.82, 2.24) is 5.32 Å². The molecule has 8 aliphatic rings. The van der Waals surface area contributed by atoms with E-state index in [9.17, 15) is 28.8 Å². The number of carbonyl (C=O) groups is 6. The van der Waals surface area contributed by atoms with E-state index in [0.717, 1.165) is 93.0 Å². The SMILES string of the molecule is COC(=O)c1cccc2c1CC1(CCC(C3CC3)C1=O)C2.COC(=O)c1cccc2c1CC1(CCC(C3CC3)C1=O)C2.COC(=O)c1cccc2c1CC1(CCNC1=O)C2. The van der Waals surface area contributed by atoms with Gasteiger partial charge in [0.15, 0.2) is 0 Å². The lowest BCUT2D eigenvalue weighted by Gasteiger charge is -2.21. The van der Waals surface area contributed by atoms with E-state index in [4.69, 9.17) is 14.2 Å². The average Bonchev–Trinajstić information content (AvgIpc) is 4.04. The molecule has 10 heteroatoms. The van der Waals surface area contributed by atoms with Gasteiger partial charge in [0.05, 0.1) is 43.4 Å². The predicted octanol–water partition coefficient (Wildman–Crippen LogP) is 6.97. The van der Waals surface area contributed by atoms with Crippen LogP contribution in [0.25, 0.3) is 0 Å². The van der Waals surface area contributed by atoms with Gasteiger partial charge in [-0.25, -0.2) is 14.4 Å². The molecule has 60 heavy (non-hydrogen) atoms. The van der Waals surface area contributed by atoms with E-state index in [-0.39, 0.29) is 40.1 Å². The van der Waals surface area contributed by atoms with Gasteiger partial charge >= 0.3 is 17.9 Å². The third kappa shape index (κ3) is 6.88. The van der Waals surface area contributed by atoms with Gasteiger partial charge in [0.2, 0.25) is 5.91 Å². The summed E-state index contributed by atoms with van der Waals surface area (Å²) in [6.07, 6.45) is 14.3. The Morgan fingerprint density at radius 3 is 1.20 bits per heavy atom. The molecule has 10 nitrogen and oxygen atoms in total. The molecule has 3 aromatic carbocycles. The van der Waals surface area contributed by atoms with Crippen molar-refractivity contribution >= 4 is 35.4 Å². The van der Waals surface area contributed by atoms with Crippen LogP contribution in [-0.2, 0) is 67.1 Å². The van der Waals surface area contributed by atoms with Crippen LogP contribution < -0.4 is 5.32 Å². The van der Waals surface area contributed by atoms with E-state index < -0.39 is 0 Å². The quantitative estimate of drug-likeness (QED) is 0.214. The van der Waals surface area contributed by atoms with Crippen molar-refractivity contribution in [1.29, 1.82) is 0 Å². The first-order chi connectivity index (χ1) is 28.9. The van der Waals surface area contributed by atoms with Crippen LogP contribution in [0.3, 0.4) is 0 Å². The third-order valence-corrected chi connectivity index (χ3v) is 15.5. The number of methoxy groups -OCH3 is 3. The second kappa shape index (κ2) is 15.4. The molecule has 7 aliphatic carbocycles. The van der Waals surface area contributed by atoms with Gasteiger partial charge in [-0.2, -0.15) is 0 Å². The molecule has 1 aliphatic heterocycles. The molecule has 0 radical (unpaired) electrons. The van der Waals surface area contributed by atoms with Crippen molar-refractivity contribution in [3.63, 3.8) is 0 Å². The Morgan fingerprint density at radius 2 is 0.867 bits per heavy atom. The Bertz CT molecular complexity index is 2190. The summed E-state index contributed by atoms with van der Waals surface area (Å²) in [6, 6.07) is 17.2. The number of hydrogen-bond donors (Lipinski definition) is 1. The lowest BCUT2D eigenvalue weighted by Crippen LogP contribution is -2.31. The summed E-state index contributed by atoms with van der Waals surface area (Å²) in [5.74, 6) is 2.06. The molecular formula is C50H55NO9. The van der Waals surface area contributed by atoms with E-state index in [1.165, 1.54) is 58.1 Å². The maximum atomic E-state index is 12.9.